The number of hydrogen-bond donors (Lipinski definition) is 1. The van der Waals surface area contributed by atoms with E-state index in [4.69, 9.17) is 10.5 Å². The van der Waals surface area contributed by atoms with Crippen molar-refractivity contribution in [2.45, 2.75) is 13.8 Å². The highest BCUT2D eigenvalue weighted by Crippen LogP contribution is 2.33. The van der Waals surface area contributed by atoms with Crippen LogP contribution in [0.1, 0.15) is 11.1 Å². The number of benzene rings is 1. The molecule has 2 nitrogen and oxygen atoms in total. The van der Waals surface area contributed by atoms with Gasteiger partial charge in [0.15, 0.2) is 0 Å². The maximum absolute atomic E-state index is 5.75. The average molecular weight is 233 g/mol. The molecule has 1 heterocycles. The van der Waals surface area contributed by atoms with Crippen molar-refractivity contribution in [3.05, 3.63) is 34.7 Å². The molecule has 0 saturated carbocycles. The number of methoxy groups -OCH3 is 1. The topological polar surface area (TPSA) is 35.2 Å². The second-order valence-corrected chi connectivity index (χ2v) is 4.82. The Morgan fingerprint density at radius 2 is 1.88 bits per heavy atom. The number of rotatable bonds is 2. The molecule has 0 aliphatic rings. The highest BCUT2D eigenvalue weighted by molar-refractivity contribution is 7.14. The van der Waals surface area contributed by atoms with Crippen molar-refractivity contribution in [2.24, 2.45) is 0 Å². The molecule has 0 aliphatic carbocycles. The largest absolute Gasteiger partial charge is 0.496 e. The molecule has 2 N–H and O–H groups in total. The molecule has 1 aromatic carbocycles. The van der Waals surface area contributed by atoms with Crippen LogP contribution in [0.25, 0.3) is 11.1 Å². The van der Waals surface area contributed by atoms with Crippen molar-refractivity contribution in [2.75, 3.05) is 12.8 Å². The van der Waals surface area contributed by atoms with E-state index in [1.807, 2.05) is 6.07 Å². The molecule has 0 unspecified atom stereocenters. The lowest BCUT2D eigenvalue weighted by molar-refractivity contribution is 0.411. The van der Waals surface area contributed by atoms with Gasteiger partial charge in [-0.1, -0.05) is 0 Å². The first-order valence-electron chi connectivity index (χ1n) is 5.11. The smallest absolute Gasteiger partial charge is 0.122 e. The lowest BCUT2D eigenvalue weighted by atomic mass is 10.00. The summed E-state index contributed by atoms with van der Waals surface area (Å²) >= 11 is 1.57. The van der Waals surface area contributed by atoms with Crippen LogP contribution in [0.5, 0.6) is 5.75 Å². The predicted molar refractivity (Wildman–Crippen MR) is 70.2 cm³/mol. The third-order valence-corrected chi connectivity index (χ3v) is 3.43. The molecule has 0 spiro atoms. The fraction of sp³-hybridized carbons (Fsp3) is 0.231. The minimum absolute atomic E-state index is 0.850. The Morgan fingerprint density at radius 1 is 1.12 bits per heavy atom. The number of hydrogen-bond acceptors (Lipinski definition) is 3. The summed E-state index contributed by atoms with van der Waals surface area (Å²) in [7, 11) is 1.70. The minimum Gasteiger partial charge on any atom is -0.496 e. The van der Waals surface area contributed by atoms with Gasteiger partial charge in [-0.2, -0.15) is 0 Å². The van der Waals surface area contributed by atoms with E-state index in [1.165, 1.54) is 16.7 Å². The van der Waals surface area contributed by atoms with E-state index in [0.717, 1.165) is 16.3 Å². The third-order valence-electron chi connectivity index (χ3n) is 2.67. The van der Waals surface area contributed by atoms with Crippen LogP contribution < -0.4 is 10.5 Å². The number of anilines is 1. The highest BCUT2D eigenvalue weighted by atomic mass is 32.1. The first kappa shape index (κ1) is 11.0. The van der Waals surface area contributed by atoms with Crippen LogP contribution >= 0.6 is 11.3 Å². The molecular weight excluding hydrogens is 218 g/mol. The first-order chi connectivity index (χ1) is 7.61. The molecule has 0 bridgehead atoms. The second kappa shape index (κ2) is 4.18. The van der Waals surface area contributed by atoms with Crippen LogP contribution in [0.2, 0.25) is 0 Å². The summed E-state index contributed by atoms with van der Waals surface area (Å²) in [4.78, 5) is 0. The third kappa shape index (κ3) is 1.91. The van der Waals surface area contributed by atoms with Crippen molar-refractivity contribution < 1.29 is 4.74 Å². The van der Waals surface area contributed by atoms with Crippen molar-refractivity contribution in [1.29, 1.82) is 0 Å². The van der Waals surface area contributed by atoms with Crippen molar-refractivity contribution in [3.8, 4) is 16.9 Å². The molecule has 0 amide bonds. The molecule has 1 aromatic heterocycles. The van der Waals surface area contributed by atoms with Gasteiger partial charge in [-0.15, -0.1) is 11.3 Å². The number of thiophene rings is 1. The summed E-state index contributed by atoms with van der Waals surface area (Å²) < 4.78 is 5.30. The van der Waals surface area contributed by atoms with Crippen molar-refractivity contribution in [3.63, 3.8) is 0 Å². The Hall–Kier alpha value is -1.48. The number of nitrogens with two attached hydrogens (primary N) is 1. The summed E-state index contributed by atoms with van der Waals surface area (Å²) in [6.07, 6.45) is 0. The van der Waals surface area contributed by atoms with Crippen LogP contribution in [-0.4, -0.2) is 7.11 Å². The summed E-state index contributed by atoms with van der Waals surface area (Å²) in [5.41, 5.74) is 10.5. The highest BCUT2D eigenvalue weighted by Gasteiger charge is 2.08. The molecule has 2 aromatic rings. The zero-order valence-electron chi connectivity index (χ0n) is 9.70. The molecular formula is C13H15NOS. The van der Waals surface area contributed by atoms with Crippen molar-refractivity contribution >= 4 is 16.3 Å². The van der Waals surface area contributed by atoms with E-state index >= 15 is 0 Å². The summed E-state index contributed by atoms with van der Waals surface area (Å²) in [5.74, 6) is 0.935. The Morgan fingerprint density at radius 3 is 2.44 bits per heavy atom. The normalized spacial score (nSPS) is 10.4. The number of ether oxygens (including phenoxy) is 1. The van der Waals surface area contributed by atoms with E-state index in [1.54, 1.807) is 18.4 Å². The molecule has 2 rings (SSSR count). The van der Waals surface area contributed by atoms with Crippen LogP contribution in [0, 0.1) is 13.8 Å². The maximum atomic E-state index is 5.75. The monoisotopic (exact) mass is 233 g/mol. The van der Waals surface area contributed by atoms with Crippen LogP contribution in [0.4, 0.5) is 5.00 Å². The average Bonchev–Trinajstić information content (AvgIpc) is 2.67. The van der Waals surface area contributed by atoms with Gasteiger partial charge in [-0.05, 0) is 54.3 Å². The van der Waals surface area contributed by atoms with Gasteiger partial charge in [0.1, 0.15) is 5.75 Å². The van der Waals surface area contributed by atoms with Gasteiger partial charge in [0.2, 0.25) is 0 Å². The molecule has 0 atom stereocenters. The van der Waals surface area contributed by atoms with Gasteiger partial charge >= 0.3 is 0 Å². The zero-order valence-corrected chi connectivity index (χ0v) is 10.5. The lowest BCUT2D eigenvalue weighted by Gasteiger charge is -2.10. The SMILES string of the molecule is COc1cc(C)c(-c2csc(N)c2)cc1C. The Kier molecular flexibility index (Phi) is 2.88. The van der Waals surface area contributed by atoms with Crippen molar-refractivity contribution in [1.82, 2.24) is 0 Å². The standard InChI is InChI=1S/C13H15NOS/c1-8-5-12(15-3)9(2)4-11(8)10-6-13(14)16-7-10/h4-7H,14H2,1-3H3. The molecule has 0 fully saturated rings. The quantitative estimate of drug-likeness (QED) is 0.859. The van der Waals surface area contributed by atoms with Gasteiger partial charge in [0.25, 0.3) is 0 Å². The van der Waals surface area contributed by atoms with E-state index in [-0.39, 0.29) is 0 Å². The zero-order chi connectivity index (χ0) is 11.7. The van der Waals surface area contributed by atoms with E-state index in [0.29, 0.717) is 0 Å². The Labute approximate surface area is 99.7 Å². The van der Waals surface area contributed by atoms with E-state index in [2.05, 4.69) is 31.4 Å². The molecule has 0 radical (unpaired) electrons. The van der Waals surface area contributed by atoms with E-state index in [9.17, 15) is 0 Å². The van der Waals surface area contributed by atoms with Crippen LogP contribution in [0.3, 0.4) is 0 Å². The van der Waals surface area contributed by atoms with Gasteiger partial charge in [0, 0.05) is 5.38 Å². The molecule has 0 aliphatic heterocycles. The maximum Gasteiger partial charge on any atom is 0.122 e. The summed E-state index contributed by atoms with van der Waals surface area (Å²) in [6, 6.07) is 6.23. The Balaban J connectivity index is 2.54. The number of nitrogen functional groups attached to an aromatic ring is 1. The molecule has 16 heavy (non-hydrogen) atoms. The van der Waals surface area contributed by atoms with Gasteiger partial charge < -0.3 is 10.5 Å². The molecule has 84 valence electrons. The first-order valence-corrected chi connectivity index (χ1v) is 5.99. The minimum atomic E-state index is 0.850. The summed E-state index contributed by atoms with van der Waals surface area (Å²) in [6.45, 7) is 4.14. The summed E-state index contributed by atoms with van der Waals surface area (Å²) in [5, 5.41) is 2.94. The lowest BCUT2D eigenvalue weighted by Crippen LogP contribution is -1.90. The number of aryl methyl sites for hydroxylation is 2. The van der Waals surface area contributed by atoms with Gasteiger partial charge in [-0.3, -0.25) is 0 Å². The van der Waals surface area contributed by atoms with E-state index < -0.39 is 0 Å². The van der Waals surface area contributed by atoms with Gasteiger partial charge in [-0.25, -0.2) is 0 Å². The molecule has 0 saturated heterocycles. The molecule has 3 heteroatoms. The van der Waals surface area contributed by atoms with Crippen LogP contribution in [-0.2, 0) is 0 Å². The second-order valence-electron chi connectivity index (χ2n) is 3.87. The van der Waals surface area contributed by atoms with Gasteiger partial charge in [0.05, 0.1) is 12.1 Å². The van der Waals surface area contributed by atoms with Crippen LogP contribution in [0.15, 0.2) is 23.6 Å². The Bertz CT molecular complexity index is 517. The fourth-order valence-corrected chi connectivity index (χ4v) is 2.47. The fourth-order valence-electron chi connectivity index (χ4n) is 1.81. The predicted octanol–water partition coefficient (Wildman–Crippen LogP) is 3.62.